The van der Waals surface area contributed by atoms with E-state index in [0.717, 1.165) is 16.7 Å². The van der Waals surface area contributed by atoms with Gasteiger partial charge in [0.15, 0.2) is 0 Å². The number of H-pyrrole nitrogens is 1. The molecule has 2 rings (SSSR count). The number of aromatic nitrogens is 3. The van der Waals surface area contributed by atoms with Gasteiger partial charge in [-0.3, -0.25) is 5.10 Å². The van der Waals surface area contributed by atoms with E-state index >= 15 is 0 Å². The van der Waals surface area contributed by atoms with E-state index in [9.17, 15) is 0 Å². The van der Waals surface area contributed by atoms with E-state index in [1.54, 1.807) is 6.20 Å². The molecule has 0 saturated carbocycles. The van der Waals surface area contributed by atoms with Gasteiger partial charge >= 0.3 is 0 Å². The number of rotatable bonds is 0. The topological polar surface area (TPSA) is 41.6 Å². The first-order valence-corrected chi connectivity index (χ1v) is 3.13. The molecule has 0 spiro atoms. The molecule has 0 fully saturated rings. The van der Waals surface area contributed by atoms with E-state index in [1.165, 1.54) is 0 Å². The summed E-state index contributed by atoms with van der Waals surface area (Å²) in [5, 5.41) is 6.69. The van der Waals surface area contributed by atoms with Gasteiger partial charge in [-0.05, 0) is 19.1 Å². The fourth-order valence-corrected chi connectivity index (χ4v) is 0.933. The minimum absolute atomic E-state index is 0. The number of hydrogen-bond donors (Lipinski definition) is 1. The Kier molecular flexibility index (Phi) is 0.974. The Morgan fingerprint density at radius 1 is 1.50 bits per heavy atom. The third kappa shape index (κ3) is 0.673. The predicted molar refractivity (Wildman–Crippen MR) is 40.7 cm³/mol. The molecular weight excluding hydrogens is 126 g/mol. The van der Waals surface area contributed by atoms with E-state index < -0.39 is 0 Å². The predicted octanol–water partition coefficient (Wildman–Crippen LogP) is 1.51. The molecule has 3 heteroatoms. The Hall–Kier alpha value is -1.38. The minimum Gasteiger partial charge on any atom is -0.276 e. The Labute approximate surface area is 59.6 Å². The maximum absolute atomic E-state index is 4.24. The van der Waals surface area contributed by atoms with Crippen LogP contribution in [0.15, 0.2) is 18.3 Å². The summed E-state index contributed by atoms with van der Waals surface area (Å²) in [6.45, 7) is 1.96. The van der Waals surface area contributed by atoms with Crippen molar-refractivity contribution in [3.8, 4) is 0 Å². The van der Waals surface area contributed by atoms with Crippen molar-refractivity contribution >= 4 is 11.0 Å². The molecule has 0 aliphatic carbocycles. The fraction of sp³-hybridized carbons (Fsp3) is 0.143. The molecule has 3 nitrogen and oxygen atoms in total. The summed E-state index contributed by atoms with van der Waals surface area (Å²) >= 11 is 0. The molecular formula is C7H9N3. The molecule has 10 heavy (non-hydrogen) atoms. The normalized spacial score (nSPS) is 10.5. The van der Waals surface area contributed by atoms with Gasteiger partial charge in [0, 0.05) is 7.12 Å². The van der Waals surface area contributed by atoms with Crippen LogP contribution in [-0.4, -0.2) is 15.2 Å². The van der Waals surface area contributed by atoms with Crippen LogP contribution in [0.4, 0.5) is 0 Å². The van der Waals surface area contributed by atoms with Gasteiger partial charge in [0.2, 0.25) is 0 Å². The third-order valence-corrected chi connectivity index (χ3v) is 1.44. The second kappa shape index (κ2) is 1.80. The Bertz CT molecular complexity index is 355. The monoisotopic (exact) mass is 135 g/mol. The van der Waals surface area contributed by atoms with Crippen molar-refractivity contribution < 1.29 is 1.43 Å². The van der Waals surface area contributed by atoms with Crippen LogP contribution in [0.2, 0.25) is 0 Å². The highest BCUT2D eigenvalue weighted by atomic mass is 15.1. The van der Waals surface area contributed by atoms with E-state index in [4.69, 9.17) is 0 Å². The summed E-state index contributed by atoms with van der Waals surface area (Å²) in [6, 6.07) is 3.94. The van der Waals surface area contributed by atoms with Crippen LogP contribution in [0.3, 0.4) is 0 Å². The number of aryl methyl sites for hydroxylation is 1. The molecule has 0 unspecified atom stereocenters. The Morgan fingerprint density at radius 3 is 3.30 bits per heavy atom. The van der Waals surface area contributed by atoms with Crippen molar-refractivity contribution in [1.29, 1.82) is 0 Å². The molecule has 0 aliphatic rings. The van der Waals surface area contributed by atoms with E-state index in [2.05, 4.69) is 15.2 Å². The van der Waals surface area contributed by atoms with Crippen molar-refractivity contribution in [1.82, 2.24) is 15.2 Å². The van der Waals surface area contributed by atoms with Crippen LogP contribution >= 0.6 is 0 Å². The van der Waals surface area contributed by atoms with Crippen LogP contribution in [-0.2, 0) is 0 Å². The van der Waals surface area contributed by atoms with Crippen molar-refractivity contribution in [3.05, 3.63) is 24.0 Å². The van der Waals surface area contributed by atoms with E-state index in [0.29, 0.717) is 0 Å². The Balaban J connectivity index is 0.000000605. The smallest absolute Gasteiger partial charge is 0.108 e. The summed E-state index contributed by atoms with van der Waals surface area (Å²) < 4.78 is 0. The molecule has 0 aliphatic heterocycles. The Morgan fingerprint density at radius 2 is 2.40 bits per heavy atom. The van der Waals surface area contributed by atoms with Crippen LogP contribution in [0, 0.1) is 6.92 Å². The first kappa shape index (κ1) is 5.41. The first-order chi connectivity index (χ1) is 4.86. The van der Waals surface area contributed by atoms with Gasteiger partial charge in [-0.2, -0.15) is 5.10 Å². The van der Waals surface area contributed by atoms with E-state index in [1.807, 2.05) is 19.1 Å². The lowest BCUT2D eigenvalue weighted by Gasteiger charge is -1.88. The van der Waals surface area contributed by atoms with Crippen molar-refractivity contribution in [3.63, 3.8) is 0 Å². The minimum atomic E-state index is 0. The largest absolute Gasteiger partial charge is 0.276 e. The van der Waals surface area contributed by atoms with Crippen molar-refractivity contribution in [2.75, 3.05) is 0 Å². The second-order valence-electron chi connectivity index (χ2n) is 2.26. The molecule has 0 saturated heterocycles. The summed E-state index contributed by atoms with van der Waals surface area (Å²) in [5.74, 6) is 0. The zero-order valence-corrected chi connectivity index (χ0v) is 5.63. The lowest BCUT2D eigenvalue weighted by molar-refractivity contribution is 1.12. The van der Waals surface area contributed by atoms with Gasteiger partial charge in [0.05, 0.1) is 11.7 Å². The van der Waals surface area contributed by atoms with E-state index in [-0.39, 0.29) is 1.43 Å². The van der Waals surface area contributed by atoms with Crippen LogP contribution < -0.4 is 0 Å². The summed E-state index contributed by atoms with van der Waals surface area (Å²) in [5.41, 5.74) is 2.94. The van der Waals surface area contributed by atoms with Gasteiger partial charge in [-0.1, -0.05) is 0 Å². The van der Waals surface area contributed by atoms with Gasteiger partial charge in [0.1, 0.15) is 5.52 Å². The van der Waals surface area contributed by atoms with Gasteiger partial charge in [0.25, 0.3) is 0 Å². The maximum atomic E-state index is 4.24. The molecule has 2 aromatic rings. The zero-order valence-electron chi connectivity index (χ0n) is 5.63. The highest BCUT2D eigenvalue weighted by Crippen LogP contribution is 2.06. The first-order valence-electron chi connectivity index (χ1n) is 3.13. The average molecular weight is 135 g/mol. The highest BCUT2D eigenvalue weighted by molar-refractivity contribution is 5.72. The average Bonchev–Trinajstić information content (AvgIpc) is 2.33. The number of pyridine rings is 1. The number of nitrogens with zero attached hydrogens (tertiary/aromatic N) is 2. The zero-order chi connectivity index (χ0) is 6.97. The van der Waals surface area contributed by atoms with Crippen LogP contribution in [0.1, 0.15) is 7.12 Å². The van der Waals surface area contributed by atoms with Crippen molar-refractivity contribution in [2.45, 2.75) is 6.92 Å². The standard InChI is InChI=1S/C7H7N3.H2/c1-5-2-3-6-7(9-5)4-8-10-6;/h2-4H,1H3,(H,8,10);1H. The van der Waals surface area contributed by atoms with Crippen LogP contribution in [0.25, 0.3) is 11.0 Å². The fourth-order valence-electron chi connectivity index (χ4n) is 0.933. The van der Waals surface area contributed by atoms with Gasteiger partial charge < -0.3 is 0 Å². The second-order valence-corrected chi connectivity index (χ2v) is 2.26. The lowest BCUT2D eigenvalue weighted by Crippen LogP contribution is -1.78. The molecule has 0 amide bonds. The van der Waals surface area contributed by atoms with Gasteiger partial charge in [-0.25, -0.2) is 4.98 Å². The molecule has 2 aromatic heterocycles. The summed E-state index contributed by atoms with van der Waals surface area (Å²) in [6.07, 6.45) is 1.72. The van der Waals surface area contributed by atoms with Crippen LogP contribution in [0.5, 0.6) is 0 Å². The highest BCUT2D eigenvalue weighted by Gasteiger charge is 1.93. The molecule has 52 valence electrons. The number of nitrogens with one attached hydrogen (secondary N) is 1. The molecule has 0 aromatic carbocycles. The number of aromatic amines is 1. The molecule has 0 radical (unpaired) electrons. The summed E-state index contributed by atoms with van der Waals surface area (Å²) in [7, 11) is 0. The molecule has 0 atom stereocenters. The number of fused-ring (bicyclic) bond motifs is 1. The SMILES string of the molecule is Cc1ccc2[nH]ncc2n1.[HH]. The molecule has 2 heterocycles. The quantitative estimate of drug-likeness (QED) is 0.595. The lowest BCUT2D eigenvalue weighted by atomic mass is 10.3. The summed E-state index contributed by atoms with van der Waals surface area (Å²) in [4.78, 5) is 4.24. The third-order valence-electron chi connectivity index (χ3n) is 1.44. The maximum Gasteiger partial charge on any atom is 0.108 e. The molecule has 1 N–H and O–H groups in total. The van der Waals surface area contributed by atoms with Crippen molar-refractivity contribution in [2.24, 2.45) is 0 Å². The molecule has 0 bridgehead atoms. The number of hydrogen-bond acceptors (Lipinski definition) is 2. The van der Waals surface area contributed by atoms with Gasteiger partial charge in [-0.15, -0.1) is 0 Å².